The second kappa shape index (κ2) is 11.1. The minimum absolute atomic E-state index is 0.0361. The van der Waals surface area contributed by atoms with Crippen molar-refractivity contribution < 1.29 is 28.7 Å². The second-order valence-electron chi connectivity index (χ2n) is 7.57. The maximum absolute atomic E-state index is 12.2. The molecule has 0 aromatic carbocycles. The van der Waals surface area contributed by atoms with Crippen molar-refractivity contribution >= 4 is 23.5 Å². The Kier molecular flexibility index (Phi) is 10.4. The van der Waals surface area contributed by atoms with Crippen LogP contribution in [0.1, 0.15) is 80.1 Å². The standard InChI is InChI=1S/C20H34O6/c1-7-11-19(5,6)14-26-18(24)10-13-20(15(3)21,16(4)22)12-9-17(23)25-8-2/h7-14H2,1-6H3. The summed E-state index contributed by atoms with van der Waals surface area (Å²) in [6.07, 6.45) is 1.95. The summed E-state index contributed by atoms with van der Waals surface area (Å²) in [4.78, 5) is 48.0. The van der Waals surface area contributed by atoms with Crippen LogP contribution in [0.4, 0.5) is 0 Å². The SMILES string of the molecule is CCCC(C)(C)COC(=O)CCC(CCC(=O)OCC)(C(C)=O)C(C)=O. The Balaban J connectivity index is 4.88. The molecule has 0 fully saturated rings. The Morgan fingerprint density at radius 1 is 0.769 bits per heavy atom. The zero-order chi connectivity index (χ0) is 20.4. The lowest BCUT2D eigenvalue weighted by molar-refractivity contribution is -0.149. The smallest absolute Gasteiger partial charge is 0.305 e. The molecule has 0 atom stereocenters. The molecule has 0 amide bonds. The van der Waals surface area contributed by atoms with Gasteiger partial charge >= 0.3 is 11.9 Å². The molecule has 0 radical (unpaired) electrons. The molecule has 0 bridgehead atoms. The highest BCUT2D eigenvalue weighted by Crippen LogP contribution is 2.33. The number of Topliss-reactive ketones (excluding diaryl/α,β-unsaturated/α-hetero) is 2. The first-order chi connectivity index (χ1) is 12.0. The van der Waals surface area contributed by atoms with Crippen LogP contribution < -0.4 is 0 Å². The third kappa shape index (κ3) is 8.11. The molecule has 0 aliphatic rings. The van der Waals surface area contributed by atoms with Crippen molar-refractivity contribution in [2.75, 3.05) is 13.2 Å². The van der Waals surface area contributed by atoms with Crippen LogP contribution in [0.5, 0.6) is 0 Å². The average Bonchev–Trinajstić information content (AvgIpc) is 2.53. The highest BCUT2D eigenvalue weighted by atomic mass is 16.5. The fourth-order valence-corrected chi connectivity index (χ4v) is 3.04. The minimum atomic E-state index is -1.34. The van der Waals surface area contributed by atoms with Crippen molar-refractivity contribution in [2.45, 2.75) is 80.1 Å². The summed E-state index contributed by atoms with van der Waals surface area (Å²) in [5, 5.41) is 0. The molecule has 0 saturated carbocycles. The summed E-state index contributed by atoms with van der Waals surface area (Å²) >= 11 is 0. The van der Waals surface area contributed by atoms with Crippen LogP contribution in [0.15, 0.2) is 0 Å². The van der Waals surface area contributed by atoms with Crippen LogP contribution >= 0.6 is 0 Å². The predicted molar refractivity (Wildman–Crippen MR) is 98.5 cm³/mol. The Hall–Kier alpha value is -1.72. The number of hydrogen-bond donors (Lipinski definition) is 0. The first-order valence-electron chi connectivity index (χ1n) is 9.34. The average molecular weight is 370 g/mol. The van der Waals surface area contributed by atoms with Gasteiger partial charge in [0.1, 0.15) is 11.6 Å². The van der Waals surface area contributed by atoms with Gasteiger partial charge in [0.25, 0.3) is 0 Å². The van der Waals surface area contributed by atoms with Crippen molar-refractivity contribution in [2.24, 2.45) is 10.8 Å². The summed E-state index contributed by atoms with van der Waals surface area (Å²) in [6.45, 7) is 11.0. The molecule has 6 nitrogen and oxygen atoms in total. The third-order valence-corrected chi connectivity index (χ3v) is 4.72. The van der Waals surface area contributed by atoms with Gasteiger partial charge in [-0.3, -0.25) is 19.2 Å². The molecule has 0 aliphatic carbocycles. The van der Waals surface area contributed by atoms with E-state index in [1.165, 1.54) is 13.8 Å². The van der Waals surface area contributed by atoms with Crippen LogP contribution in [0.25, 0.3) is 0 Å². The molecule has 0 aromatic rings. The minimum Gasteiger partial charge on any atom is -0.466 e. The highest BCUT2D eigenvalue weighted by Gasteiger charge is 2.41. The molecule has 0 saturated heterocycles. The van der Waals surface area contributed by atoms with Crippen molar-refractivity contribution in [3.63, 3.8) is 0 Å². The van der Waals surface area contributed by atoms with E-state index < -0.39 is 17.4 Å². The van der Waals surface area contributed by atoms with Gasteiger partial charge in [-0.1, -0.05) is 27.2 Å². The highest BCUT2D eigenvalue weighted by molar-refractivity contribution is 6.05. The molecular weight excluding hydrogens is 336 g/mol. The maximum Gasteiger partial charge on any atom is 0.305 e. The quantitative estimate of drug-likeness (QED) is 0.363. The van der Waals surface area contributed by atoms with E-state index in [1.807, 2.05) is 13.8 Å². The Bertz CT molecular complexity index is 492. The Morgan fingerprint density at radius 3 is 1.62 bits per heavy atom. The van der Waals surface area contributed by atoms with E-state index in [9.17, 15) is 19.2 Å². The summed E-state index contributed by atoms with van der Waals surface area (Å²) in [5.41, 5.74) is -1.45. The normalized spacial score (nSPS) is 11.8. The first kappa shape index (κ1) is 24.3. The Labute approximate surface area is 157 Å². The van der Waals surface area contributed by atoms with Gasteiger partial charge in [-0.15, -0.1) is 0 Å². The summed E-state index contributed by atoms with van der Waals surface area (Å²) < 4.78 is 10.2. The molecular formula is C20H34O6. The van der Waals surface area contributed by atoms with Crippen LogP contribution in [-0.2, 0) is 28.7 Å². The van der Waals surface area contributed by atoms with E-state index in [0.717, 1.165) is 12.8 Å². The third-order valence-electron chi connectivity index (χ3n) is 4.72. The van der Waals surface area contributed by atoms with Crippen molar-refractivity contribution in [3.05, 3.63) is 0 Å². The van der Waals surface area contributed by atoms with Gasteiger partial charge in [0.15, 0.2) is 0 Å². The van der Waals surface area contributed by atoms with Crippen molar-refractivity contribution in [3.8, 4) is 0 Å². The largest absolute Gasteiger partial charge is 0.466 e. The van der Waals surface area contributed by atoms with Gasteiger partial charge in [-0.05, 0) is 45.4 Å². The molecule has 0 aromatic heterocycles. The lowest BCUT2D eigenvalue weighted by Crippen LogP contribution is -2.38. The lowest BCUT2D eigenvalue weighted by Gasteiger charge is -2.28. The van der Waals surface area contributed by atoms with Crippen LogP contribution in [0.3, 0.4) is 0 Å². The van der Waals surface area contributed by atoms with Crippen molar-refractivity contribution in [1.29, 1.82) is 0 Å². The number of esters is 2. The van der Waals surface area contributed by atoms with Gasteiger partial charge < -0.3 is 9.47 Å². The van der Waals surface area contributed by atoms with Gasteiger partial charge in [0.2, 0.25) is 0 Å². The summed E-state index contributed by atoms with van der Waals surface area (Å²) in [7, 11) is 0. The lowest BCUT2D eigenvalue weighted by atomic mass is 9.73. The number of carbonyl (C=O) groups is 4. The monoisotopic (exact) mass is 370 g/mol. The van der Waals surface area contributed by atoms with E-state index in [1.54, 1.807) is 6.92 Å². The fraction of sp³-hybridized carbons (Fsp3) is 0.800. The maximum atomic E-state index is 12.2. The fourth-order valence-electron chi connectivity index (χ4n) is 3.04. The van der Waals surface area contributed by atoms with Crippen LogP contribution in [0.2, 0.25) is 0 Å². The van der Waals surface area contributed by atoms with Gasteiger partial charge in [-0.2, -0.15) is 0 Å². The second-order valence-corrected chi connectivity index (χ2v) is 7.57. The number of rotatable bonds is 13. The number of carbonyl (C=O) groups excluding carboxylic acids is 4. The predicted octanol–water partition coefficient (Wildman–Crippen LogP) is 3.64. The van der Waals surface area contributed by atoms with E-state index in [0.29, 0.717) is 6.61 Å². The number of ketones is 2. The van der Waals surface area contributed by atoms with Gasteiger partial charge in [0.05, 0.1) is 18.6 Å². The summed E-state index contributed by atoms with van der Waals surface area (Å²) in [6, 6.07) is 0. The van der Waals surface area contributed by atoms with E-state index >= 15 is 0 Å². The van der Waals surface area contributed by atoms with Gasteiger partial charge in [-0.25, -0.2) is 0 Å². The summed E-state index contributed by atoms with van der Waals surface area (Å²) in [5.74, 6) is -1.57. The zero-order valence-corrected chi connectivity index (χ0v) is 17.1. The first-order valence-corrected chi connectivity index (χ1v) is 9.34. The molecule has 0 spiro atoms. The molecule has 0 unspecified atom stereocenters. The van der Waals surface area contributed by atoms with Gasteiger partial charge in [0, 0.05) is 12.8 Å². The molecule has 0 aliphatic heterocycles. The molecule has 0 rings (SSSR count). The molecule has 0 heterocycles. The number of hydrogen-bond acceptors (Lipinski definition) is 6. The van der Waals surface area contributed by atoms with E-state index in [4.69, 9.17) is 9.47 Å². The molecule has 26 heavy (non-hydrogen) atoms. The van der Waals surface area contributed by atoms with Crippen LogP contribution in [0, 0.1) is 10.8 Å². The van der Waals surface area contributed by atoms with Crippen LogP contribution in [-0.4, -0.2) is 36.7 Å². The zero-order valence-electron chi connectivity index (χ0n) is 17.1. The Morgan fingerprint density at radius 2 is 1.23 bits per heavy atom. The van der Waals surface area contributed by atoms with E-state index in [-0.39, 0.29) is 49.3 Å². The molecule has 150 valence electrons. The molecule has 0 N–H and O–H groups in total. The topological polar surface area (TPSA) is 86.7 Å². The van der Waals surface area contributed by atoms with E-state index in [2.05, 4.69) is 6.92 Å². The molecule has 6 heteroatoms. The van der Waals surface area contributed by atoms with Crippen molar-refractivity contribution in [1.82, 2.24) is 0 Å². The number of ether oxygens (including phenoxy) is 2.